The molecule has 11 heteroatoms. The molecular weight excluding hydrogens is 526 g/mol. The Labute approximate surface area is 242 Å². The number of aromatic nitrogens is 2. The first kappa shape index (κ1) is 28.9. The van der Waals surface area contributed by atoms with Crippen LogP contribution in [0.4, 0.5) is 9.18 Å². The van der Waals surface area contributed by atoms with Gasteiger partial charge in [-0.2, -0.15) is 5.10 Å². The van der Waals surface area contributed by atoms with E-state index in [1.165, 1.54) is 0 Å². The first-order valence-corrected chi connectivity index (χ1v) is 12.9. The summed E-state index contributed by atoms with van der Waals surface area (Å²) in [6.45, 7) is 4.19. The van der Waals surface area contributed by atoms with Gasteiger partial charge >= 0.3 is 29.6 Å². The zero-order chi connectivity index (χ0) is 25.9. The van der Waals surface area contributed by atoms with Crippen molar-refractivity contribution in [2.45, 2.75) is 25.2 Å². The molecule has 0 bridgehead atoms. The van der Waals surface area contributed by atoms with Crippen LogP contribution in [0.5, 0.6) is 0 Å². The van der Waals surface area contributed by atoms with Crippen LogP contribution in [0.1, 0.15) is 17.0 Å². The smallest absolute Gasteiger partial charge is 0.448 e. The van der Waals surface area contributed by atoms with Gasteiger partial charge in [0, 0.05) is 11.3 Å². The number of halogens is 2. The molecule has 0 spiro atoms. The van der Waals surface area contributed by atoms with Crippen molar-refractivity contribution >= 4 is 27.7 Å². The molecule has 4 aromatic rings. The molecule has 2 amide bonds. The van der Waals surface area contributed by atoms with Crippen molar-refractivity contribution in [3.63, 3.8) is 0 Å². The number of carbonyl (C=O) groups is 1. The van der Waals surface area contributed by atoms with Gasteiger partial charge in [0.25, 0.3) is 0 Å². The first-order chi connectivity index (χ1) is 17.2. The van der Waals surface area contributed by atoms with Gasteiger partial charge < -0.3 is 10.0 Å². The normalized spacial score (nSPS) is 11.0. The Bertz CT molecular complexity index is 1510. The molecule has 186 valence electrons. The molecule has 0 fully saturated rings. The van der Waals surface area contributed by atoms with E-state index in [9.17, 15) is 17.6 Å². The fourth-order valence-electron chi connectivity index (χ4n) is 3.91. The maximum atomic E-state index is 13.2. The Morgan fingerprint density at radius 3 is 2.38 bits per heavy atom. The maximum Gasteiger partial charge on any atom is 1.00 e. The average molecular weight is 549 g/mol. The molecule has 1 heterocycles. The van der Waals surface area contributed by atoms with Crippen molar-refractivity contribution in [3.05, 3.63) is 105 Å². The van der Waals surface area contributed by atoms with Crippen LogP contribution >= 0.6 is 11.6 Å². The van der Waals surface area contributed by atoms with E-state index in [0.29, 0.717) is 6.42 Å². The van der Waals surface area contributed by atoms with Crippen LogP contribution in [0.2, 0.25) is 5.02 Å². The van der Waals surface area contributed by atoms with E-state index in [4.69, 9.17) is 16.7 Å². The van der Waals surface area contributed by atoms with E-state index in [0.717, 1.165) is 52.0 Å². The van der Waals surface area contributed by atoms with Crippen LogP contribution in [0.25, 0.3) is 21.5 Å². The average Bonchev–Trinajstić information content (AvgIpc) is 3.13. The number of urea groups is 1. The van der Waals surface area contributed by atoms with E-state index in [1.54, 1.807) is 0 Å². The van der Waals surface area contributed by atoms with Crippen LogP contribution < -0.4 is 34.9 Å². The molecule has 0 aliphatic carbocycles. The molecule has 37 heavy (non-hydrogen) atoms. The van der Waals surface area contributed by atoms with Gasteiger partial charge in [-0.1, -0.05) is 54.1 Å². The number of amides is 2. The predicted octanol–water partition coefficient (Wildman–Crippen LogP) is 2.97. The SMILES string of the molecule is Cc1nn(-c2ccc(CCNC(=O)[N-]S(=O)(=O)c3ccc(F)cc3Cl)cc2)c(C)c1-c1ccccc1.[Na+]. The number of sulfonamides is 1. The molecule has 0 aliphatic heterocycles. The van der Waals surface area contributed by atoms with E-state index >= 15 is 0 Å². The fraction of sp³-hybridized carbons (Fsp3) is 0.154. The minimum Gasteiger partial charge on any atom is -0.448 e. The summed E-state index contributed by atoms with van der Waals surface area (Å²) in [5.41, 5.74) is 6.02. The van der Waals surface area contributed by atoms with Gasteiger partial charge in [-0.3, -0.25) is 4.79 Å². The summed E-state index contributed by atoms with van der Waals surface area (Å²) < 4.78 is 42.8. The van der Waals surface area contributed by atoms with Gasteiger partial charge in [-0.05, 0) is 68.3 Å². The topological polar surface area (TPSA) is 95.2 Å². The van der Waals surface area contributed by atoms with Gasteiger partial charge in [0.1, 0.15) is 5.82 Å². The second-order valence-electron chi connectivity index (χ2n) is 8.11. The largest absolute Gasteiger partial charge is 1.00 e. The molecule has 0 unspecified atom stereocenters. The minimum atomic E-state index is -4.36. The second-order valence-corrected chi connectivity index (χ2v) is 10.1. The van der Waals surface area contributed by atoms with E-state index in [-0.39, 0.29) is 41.1 Å². The zero-order valence-corrected chi connectivity index (χ0v) is 24.1. The summed E-state index contributed by atoms with van der Waals surface area (Å²) in [6, 6.07) is 19.6. The van der Waals surface area contributed by atoms with E-state index < -0.39 is 26.8 Å². The number of hydrogen-bond donors (Lipinski definition) is 1. The van der Waals surface area contributed by atoms with Crippen molar-refractivity contribution in [2.75, 3.05) is 6.54 Å². The number of carbonyl (C=O) groups excluding carboxylic acids is 1. The molecule has 4 rings (SSSR count). The second kappa shape index (κ2) is 12.2. The Balaban J connectivity index is 0.00000380. The third kappa shape index (κ3) is 6.80. The fourth-order valence-corrected chi connectivity index (χ4v) is 5.30. The molecule has 0 aliphatic rings. The first-order valence-electron chi connectivity index (χ1n) is 11.1. The van der Waals surface area contributed by atoms with E-state index in [2.05, 4.69) is 22.2 Å². The van der Waals surface area contributed by atoms with Gasteiger partial charge in [0.15, 0.2) is 6.03 Å². The van der Waals surface area contributed by atoms with E-state index in [1.807, 2.05) is 61.0 Å². The van der Waals surface area contributed by atoms with Crippen molar-refractivity contribution in [1.29, 1.82) is 0 Å². The summed E-state index contributed by atoms with van der Waals surface area (Å²) in [5, 5.41) is 6.81. The number of hydrogen-bond acceptors (Lipinski definition) is 4. The van der Waals surface area contributed by atoms with Gasteiger partial charge in [0.2, 0.25) is 10.0 Å². The molecule has 1 N–H and O–H groups in total. The van der Waals surface area contributed by atoms with Gasteiger partial charge in [0.05, 0.1) is 21.3 Å². The van der Waals surface area contributed by atoms with Crippen LogP contribution in [-0.2, 0) is 16.4 Å². The third-order valence-electron chi connectivity index (χ3n) is 5.60. The Hall–Kier alpha value is -2.69. The number of nitrogens with zero attached hydrogens (tertiary/aromatic N) is 3. The molecule has 3 aromatic carbocycles. The van der Waals surface area contributed by atoms with Crippen LogP contribution in [0.15, 0.2) is 77.7 Å². The number of nitrogens with one attached hydrogen (secondary N) is 1. The molecule has 0 saturated carbocycles. The zero-order valence-electron chi connectivity index (χ0n) is 20.6. The molecule has 0 atom stereocenters. The minimum absolute atomic E-state index is 0. The van der Waals surface area contributed by atoms with Crippen LogP contribution in [0, 0.1) is 19.7 Å². The monoisotopic (exact) mass is 548 g/mol. The van der Waals surface area contributed by atoms with Crippen molar-refractivity contribution in [1.82, 2.24) is 15.1 Å². The third-order valence-corrected chi connectivity index (χ3v) is 7.34. The number of aryl methyl sites for hydroxylation is 1. The standard InChI is InChI=1S/C26H24ClFN4O3S.Na/c1-17-25(20-6-4-3-5-7-20)18(2)32(30-17)22-11-8-19(9-12-22)14-15-29-26(33)31-36(34,35)24-13-10-21(28)16-23(24)27;/h3-13,16H,14-15H2,1-2H3,(H2,29,31,33);/q;+1/p-1. The molecule has 1 aromatic heterocycles. The predicted molar refractivity (Wildman–Crippen MR) is 138 cm³/mol. The Morgan fingerprint density at radius 1 is 1.05 bits per heavy atom. The molecular formula is C26H23ClFN4NaO3S. The summed E-state index contributed by atoms with van der Waals surface area (Å²) in [4.78, 5) is 11.6. The summed E-state index contributed by atoms with van der Waals surface area (Å²) in [5.74, 6) is -0.691. The molecule has 7 nitrogen and oxygen atoms in total. The Morgan fingerprint density at radius 2 is 1.73 bits per heavy atom. The summed E-state index contributed by atoms with van der Waals surface area (Å²) in [7, 11) is -4.36. The number of rotatable bonds is 7. The number of benzene rings is 3. The van der Waals surface area contributed by atoms with Crippen molar-refractivity contribution in [3.8, 4) is 16.8 Å². The quantitative estimate of drug-likeness (QED) is 0.359. The Kier molecular flexibility index (Phi) is 9.55. The van der Waals surface area contributed by atoms with Gasteiger partial charge in [-0.15, -0.1) is 0 Å². The van der Waals surface area contributed by atoms with Crippen molar-refractivity contribution < 1.29 is 47.2 Å². The molecule has 0 saturated heterocycles. The summed E-state index contributed by atoms with van der Waals surface area (Å²) in [6.07, 6.45) is 0.464. The van der Waals surface area contributed by atoms with Crippen molar-refractivity contribution in [2.24, 2.45) is 0 Å². The van der Waals surface area contributed by atoms with Gasteiger partial charge in [-0.25, -0.2) is 17.5 Å². The summed E-state index contributed by atoms with van der Waals surface area (Å²) >= 11 is 5.77. The molecule has 0 radical (unpaired) electrons. The van der Waals surface area contributed by atoms with Crippen LogP contribution in [0.3, 0.4) is 0 Å². The maximum absolute atomic E-state index is 13.2. The van der Waals surface area contributed by atoms with Crippen LogP contribution in [-0.4, -0.2) is 30.8 Å².